The van der Waals surface area contributed by atoms with Crippen LogP contribution in [0.1, 0.15) is 49.2 Å². The van der Waals surface area contributed by atoms with Crippen molar-refractivity contribution in [3.63, 3.8) is 0 Å². The maximum atomic E-state index is 12.5. The van der Waals surface area contributed by atoms with E-state index >= 15 is 0 Å². The third-order valence-electron chi connectivity index (χ3n) is 4.23. The molecule has 0 saturated carbocycles. The molecule has 0 unspecified atom stereocenters. The van der Waals surface area contributed by atoms with Gasteiger partial charge in [0.2, 0.25) is 0 Å². The predicted octanol–water partition coefficient (Wildman–Crippen LogP) is 3.69. The van der Waals surface area contributed by atoms with Crippen LogP contribution >= 0.6 is 15.9 Å². The number of benzene rings is 2. The molecule has 0 bridgehead atoms. The minimum atomic E-state index is -0.221. The smallest absolute Gasteiger partial charge is 0.282 e. The summed E-state index contributed by atoms with van der Waals surface area (Å²) >= 11 is 3.45. The third kappa shape index (κ3) is 5.51. The van der Waals surface area contributed by atoms with Gasteiger partial charge in [-0.15, -0.1) is 0 Å². The Bertz CT molecular complexity index is 726. The molecule has 0 radical (unpaired) electrons. The molecular weight excluding hydrogens is 380 g/mol. The fraction of sp³-hybridized carbons (Fsp3) is 0.300. The standard InChI is InChI=1S/C20H23BrN2O2/c1-4-19(16-5-9-17(21)10-6-16)22-13(2)20(25)23-18-11-7-15(8-12-18)14(3)24/h5-13,19,22H,4H2,1-3H3,(H,23,25)/p+1/t13-,19-/m1/s1. The van der Waals surface area contributed by atoms with E-state index in [1.165, 1.54) is 12.5 Å². The van der Waals surface area contributed by atoms with Crippen LogP contribution in [-0.4, -0.2) is 17.7 Å². The summed E-state index contributed by atoms with van der Waals surface area (Å²) in [6.07, 6.45) is 0.937. The van der Waals surface area contributed by atoms with Crippen molar-refractivity contribution in [1.82, 2.24) is 0 Å². The third-order valence-corrected chi connectivity index (χ3v) is 4.76. The second-order valence-corrected chi connectivity index (χ2v) is 7.09. The van der Waals surface area contributed by atoms with Crippen LogP contribution in [0.15, 0.2) is 53.0 Å². The number of hydrogen-bond donors (Lipinski definition) is 2. The number of amides is 1. The lowest BCUT2D eigenvalue weighted by atomic mass is 10.0. The highest BCUT2D eigenvalue weighted by Gasteiger charge is 2.22. The lowest BCUT2D eigenvalue weighted by Crippen LogP contribution is -2.92. The minimum absolute atomic E-state index is 0.0138. The van der Waals surface area contributed by atoms with Crippen molar-refractivity contribution in [3.05, 3.63) is 64.1 Å². The number of halogens is 1. The summed E-state index contributed by atoms with van der Waals surface area (Å²) in [5.74, 6) is -0.0361. The molecule has 0 heterocycles. The van der Waals surface area contributed by atoms with Crippen molar-refractivity contribution < 1.29 is 14.9 Å². The quantitative estimate of drug-likeness (QED) is 0.692. The highest BCUT2D eigenvalue weighted by molar-refractivity contribution is 9.10. The van der Waals surface area contributed by atoms with E-state index in [2.05, 4.69) is 45.6 Å². The molecule has 3 N–H and O–H groups in total. The maximum Gasteiger partial charge on any atom is 0.282 e. The Labute approximate surface area is 157 Å². The number of rotatable bonds is 7. The first-order chi connectivity index (χ1) is 11.9. The summed E-state index contributed by atoms with van der Waals surface area (Å²) in [7, 11) is 0. The number of quaternary nitrogens is 1. The predicted molar refractivity (Wildman–Crippen MR) is 104 cm³/mol. The summed E-state index contributed by atoms with van der Waals surface area (Å²) < 4.78 is 1.05. The Balaban J connectivity index is 1.98. The van der Waals surface area contributed by atoms with Crippen molar-refractivity contribution >= 4 is 33.3 Å². The van der Waals surface area contributed by atoms with E-state index in [1.54, 1.807) is 24.3 Å². The van der Waals surface area contributed by atoms with E-state index < -0.39 is 0 Å². The Kier molecular flexibility index (Phi) is 6.91. The maximum absolute atomic E-state index is 12.5. The van der Waals surface area contributed by atoms with Crippen LogP contribution < -0.4 is 10.6 Å². The molecule has 0 aliphatic rings. The van der Waals surface area contributed by atoms with E-state index in [1.807, 2.05) is 19.1 Å². The molecule has 2 rings (SSSR count). The van der Waals surface area contributed by atoms with Gasteiger partial charge in [-0.2, -0.15) is 0 Å². The molecule has 4 nitrogen and oxygen atoms in total. The van der Waals surface area contributed by atoms with E-state index in [9.17, 15) is 9.59 Å². The topological polar surface area (TPSA) is 62.8 Å². The van der Waals surface area contributed by atoms with Gasteiger partial charge in [0.15, 0.2) is 11.8 Å². The summed E-state index contributed by atoms with van der Waals surface area (Å²) in [5.41, 5.74) is 2.54. The van der Waals surface area contributed by atoms with Crippen LogP contribution in [0.25, 0.3) is 0 Å². The summed E-state index contributed by atoms with van der Waals surface area (Å²) in [4.78, 5) is 23.8. The number of Topliss-reactive ketones (excluding diaryl/α,β-unsaturated/α-hetero) is 1. The average Bonchev–Trinajstić information content (AvgIpc) is 2.60. The van der Waals surface area contributed by atoms with Crippen LogP contribution in [0.5, 0.6) is 0 Å². The Morgan fingerprint density at radius 2 is 1.68 bits per heavy atom. The molecular formula is C20H24BrN2O2+. The van der Waals surface area contributed by atoms with Gasteiger partial charge >= 0.3 is 0 Å². The average molecular weight is 404 g/mol. The van der Waals surface area contributed by atoms with E-state index in [-0.39, 0.29) is 23.8 Å². The van der Waals surface area contributed by atoms with Crippen LogP contribution in [0, 0.1) is 0 Å². The molecule has 0 aliphatic heterocycles. The van der Waals surface area contributed by atoms with Gasteiger partial charge in [0, 0.05) is 27.7 Å². The van der Waals surface area contributed by atoms with E-state index in [0.29, 0.717) is 11.3 Å². The fourth-order valence-corrected chi connectivity index (χ4v) is 2.94. The van der Waals surface area contributed by atoms with Gasteiger partial charge in [-0.25, -0.2) is 0 Å². The number of carbonyl (C=O) groups is 2. The monoisotopic (exact) mass is 403 g/mol. The molecule has 2 aromatic carbocycles. The number of hydrogen-bond acceptors (Lipinski definition) is 2. The van der Waals surface area contributed by atoms with E-state index in [4.69, 9.17) is 0 Å². The van der Waals surface area contributed by atoms with Crippen molar-refractivity contribution in [3.8, 4) is 0 Å². The van der Waals surface area contributed by atoms with Crippen molar-refractivity contribution in [2.24, 2.45) is 0 Å². The number of nitrogens with two attached hydrogens (primary N) is 1. The highest BCUT2D eigenvalue weighted by Crippen LogP contribution is 2.17. The van der Waals surface area contributed by atoms with Crippen LogP contribution in [0.2, 0.25) is 0 Å². The second kappa shape index (κ2) is 8.92. The van der Waals surface area contributed by atoms with Crippen molar-refractivity contribution in [1.29, 1.82) is 0 Å². The first-order valence-corrected chi connectivity index (χ1v) is 9.22. The molecule has 0 fully saturated rings. The molecule has 0 spiro atoms. The highest BCUT2D eigenvalue weighted by atomic mass is 79.9. The zero-order valence-corrected chi connectivity index (χ0v) is 16.3. The summed E-state index contributed by atoms with van der Waals surface area (Å²) in [5, 5.41) is 4.99. The second-order valence-electron chi connectivity index (χ2n) is 6.17. The molecule has 2 aromatic rings. The largest absolute Gasteiger partial charge is 0.330 e. The zero-order valence-electron chi connectivity index (χ0n) is 14.8. The van der Waals surface area contributed by atoms with Crippen LogP contribution in [-0.2, 0) is 4.79 Å². The van der Waals surface area contributed by atoms with Gasteiger partial charge in [-0.1, -0.05) is 35.0 Å². The SMILES string of the molecule is CC[C@@H]([NH2+][C@H](C)C(=O)Nc1ccc(C(C)=O)cc1)c1ccc(Br)cc1. The molecule has 1 amide bonds. The Morgan fingerprint density at radius 1 is 1.08 bits per heavy atom. The molecule has 2 atom stereocenters. The molecule has 25 heavy (non-hydrogen) atoms. The fourth-order valence-electron chi connectivity index (χ4n) is 2.67. The molecule has 0 aromatic heterocycles. The Hall–Kier alpha value is -1.98. The van der Waals surface area contributed by atoms with Crippen molar-refractivity contribution in [2.75, 3.05) is 5.32 Å². The number of carbonyl (C=O) groups excluding carboxylic acids is 2. The van der Waals surface area contributed by atoms with Gasteiger partial charge in [0.1, 0.15) is 6.04 Å². The van der Waals surface area contributed by atoms with Crippen molar-refractivity contribution in [2.45, 2.75) is 39.3 Å². The summed E-state index contributed by atoms with van der Waals surface area (Å²) in [6.45, 7) is 5.55. The first kappa shape index (κ1) is 19.3. The van der Waals surface area contributed by atoms with E-state index in [0.717, 1.165) is 10.9 Å². The van der Waals surface area contributed by atoms with Gasteiger partial charge in [0.05, 0.1) is 0 Å². The van der Waals surface area contributed by atoms with Crippen LogP contribution in [0.4, 0.5) is 5.69 Å². The first-order valence-electron chi connectivity index (χ1n) is 8.43. The molecule has 132 valence electrons. The van der Waals surface area contributed by atoms with Gasteiger partial charge in [0.25, 0.3) is 5.91 Å². The lowest BCUT2D eigenvalue weighted by molar-refractivity contribution is -0.713. The van der Waals surface area contributed by atoms with Crippen LogP contribution in [0.3, 0.4) is 0 Å². The number of ketones is 1. The van der Waals surface area contributed by atoms with Gasteiger partial charge < -0.3 is 10.6 Å². The number of anilines is 1. The normalized spacial score (nSPS) is 13.1. The Morgan fingerprint density at radius 3 is 2.20 bits per heavy atom. The number of nitrogens with one attached hydrogen (secondary N) is 1. The lowest BCUT2D eigenvalue weighted by Gasteiger charge is -2.19. The summed E-state index contributed by atoms with van der Waals surface area (Å²) in [6, 6.07) is 15.2. The zero-order chi connectivity index (χ0) is 18.4. The molecule has 5 heteroatoms. The van der Waals surface area contributed by atoms with Gasteiger partial charge in [-0.3, -0.25) is 9.59 Å². The molecule has 0 aliphatic carbocycles. The minimum Gasteiger partial charge on any atom is -0.330 e. The molecule has 0 saturated heterocycles. The van der Waals surface area contributed by atoms with Gasteiger partial charge in [-0.05, 0) is 50.2 Å².